The first-order valence-corrected chi connectivity index (χ1v) is 10.3. The number of carbonyl (C=O) groups is 1. The van der Waals surface area contributed by atoms with Gasteiger partial charge in [-0.3, -0.25) is 0 Å². The number of hydrogen-bond acceptors (Lipinski definition) is 2. The summed E-state index contributed by atoms with van der Waals surface area (Å²) in [6.07, 6.45) is 0. The van der Waals surface area contributed by atoms with Gasteiger partial charge in [0.15, 0.2) is 0 Å². The van der Waals surface area contributed by atoms with Crippen LogP contribution in [0.5, 0.6) is 5.75 Å². The highest BCUT2D eigenvalue weighted by Crippen LogP contribution is 2.38. The van der Waals surface area contributed by atoms with Crippen LogP contribution in [0.25, 0.3) is 43.4 Å². The van der Waals surface area contributed by atoms with E-state index in [1.165, 1.54) is 16.2 Å². The van der Waals surface area contributed by atoms with E-state index in [-0.39, 0.29) is 5.97 Å². The Morgan fingerprint density at radius 2 is 1.13 bits per heavy atom. The Labute approximate surface area is 179 Å². The van der Waals surface area contributed by atoms with Crippen molar-refractivity contribution >= 4 is 38.3 Å². The molecule has 0 aromatic heterocycles. The quantitative estimate of drug-likeness (QED) is 0.176. The predicted octanol–water partition coefficient (Wildman–Crippen LogP) is 7.47. The fourth-order valence-corrected chi connectivity index (χ4v) is 4.39. The molecule has 0 radical (unpaired) electrons. The summed E-state index contributed by atoms with van der Waals surface area (Å²) in [6, 6.07) is 36.3. The van der Waals surface area contributed by atoms with Crippen LogP contribution in [0.1, 0.15) is 10.4 Å². The molecule has 0 N–H and O–H groups in total. The van der Waals surface area contributed by atoms with Crippen molar-refractivity contribution in [3.05, 3.63) is 115 Å². The Bertz CT molecular complexity index is 1530. The first-order chi connectivity index (χ1) is 15.3. The van der Waals surface area contributed by atoms with Gasteiger partial charge in [-0.05, 0) is 56.9 Å². The van der Waals surface area contributed by atoms with Crippen LogP contribution in [0, 0.1) is 0 Å². The third-order valence-corrected chi connectivity index (χ3v) is 5.92. The Kier molecular flexibility index (Phi) is 3.97. The van der Waals surface area contributed by atoms with Gasteiger partial charge in [-0.1, -0.05) is 84.9 Å². The molecule has 2 heteroatoms. The average Bonchev–Trinajstić information content (AvgIpc) is 2.84. The minimum Gasteiger partial charge on any atom is -0.422 e. The highest BCUT2D eigenvalue weighted by molar-refractivity contribution is 6.24. The maximum atomic E-state index is 12.9. The van der Waals surface area contributed by atoms with Crippen molar-refractivity contribution in [2.75, 3.05) is 0 Å². The Morgan fingerprint density at radius 3 is 1.87 bits per heavy atom. The van der Waals surface area contributed by atoms with Crippen LogP contribution in [-0.4, -0.2) is 5.97 Å². The summed E-state index contributed by atoms with van der Waals surface area (Å²) in [5.41, 5.74) is 2.72. The number of benzene rings is 6. The van der Waals surface area contributed by atoms with Gasteiger partial charge >= 0.3 is 5.97 Å². The molecular formula is C29H18O2. The summed E-state index contributed by atoms with van der Waals surface area (Å²) in [5.74, 6) is 0.234. The summed E-state index contributed by atoms with van der Waals surface area (Å²) in [4.78, 5) is 12.9. The molecule has 31 heavy (non-hydrogen) atoms. The van der Waals surface area contributed by atoms with E-state index in [0.717, 1.165) is 27.3 Å². The third kappa shape index (κ3) is 2.92. The van der Waals surface area contributed by atoms with Crippen LogP contribution in [0.2, 0.25) is 0 Å². The van der Waals surface area contributed by atoms with Crippen molar-refractivity contribution in [2.24, 2.45) is 0 Å². The van der Waals surface area contributed by atoms with Crippen LogP contribution >= 0.6 is 0 Å². The molecule has 0 heterocycles. The standard InChI is InChI=1S/C29H18O2/c30-29(24-13-9-20(10-14-24)19-5-2-1-3-6-19)31-26-18-16-23-12-11-21-7-4-8-22-15-17-25(26)28(23)27(21)22/h1-18H. The second-order valence-corrected chi connectivity index (χ2v) is 7.75. The number of rotatable bonds is 3. The molecule has 0 atom stereocenters. The predicted molar refractivity (Wildman–Crippen MR) is 127 cm³/mol. The van der Waals surface area contributed by atoms with Gasteiger partial charge in [-0.15, -0.1) is 0 Å². The number of esters is 1. The molecule has 146 valence electrons. The van der Waals surface area contributed by atoms with Crippen LogP contribution in [-0.2, 0) is 0 Å². The largest absolute Gasteiger partial charge is 0.422 e. The average molecular weight is 398 g/mol. The summed E-state index contributed by atoms with van der Waals surface area (Å²) in [7, 11) is 0. The van der Waals surface area contributed by atoms with Crippen LogP contribution in [0.3, 0.4) is 0 Å². The molecule has 0 saturated carbocycles. The molecule has 0 aliphatic carbocycles. The molecule has 0 saturated heterocycles. The van der Waals surface area contributed by atoms with Gasteiger partial charge in [0.2, 0.25) is 0 Å². The molecule has 0 aliphatic rings. The van der Waals surface area contributed by atoms with Gasteiger partial charge in [0.05, 0.1) is 5.56 Å². The van der Waals surface area contributed by atoms with Crippen LogP contribution in [0.15, 0.2) is 109 Å². The lowest BCUT2D eigenvalue weighted by molar-refractivity contribution is 0.0737. The van der Waals surface area contributed by atoms with Crippen LogP contribution < -0.4 is 4.74 Å². The second-order valence-electron chi connectivity index (χ2n) is 7.75. The lowest BCUT2D eigenvalue weighted by Gasteiger charge is -2.14. The van der Waals surface area contributed by atoms with Gasteiger partial charge in [-0.2, -0.15) is 0 Å². The molecule has 0 bridgehead atoms. The molecule has 0 aliphatic heterocycles. The van der Waals surface area contributed by atoms with Gasteiger partial charge in [0.25, 0.3) is 0 Å². The summed E-state index contributed by atoms with van der Waals surface area (Å²) < 4.78 is 5.86. The van der Waals surface area contributed by atoms with E-state index in [2.05, 4.69) is 48.5 Å². The zero-order chi connectivity index (χ0) is 20.8. The number of carbonyl (C=O) groups excluding carboxylic acids is 1. The topological polar surface area (TPSA) is 26.3 Å². The van der Waals surface area contributed by atoms with Crippen molar-refractivity contribution in [3.63, 3.8) is 0 Å². The van der Waals surface area contributed by atoms with Crippen molar-refractivity contribution in [2.45, 2.75) is 0 Å². The van der Waals surface area contributed by atoms with Gasteiger partial charge in [-0.25, -0.2) is 4.79 Å². The molecule has 2 nitrogen and oxygen atoms in total. The van der Waals surface area contributed by atoms with E-state index in [1.807, 2.05) is 60.7 Å². The monoisotopic (exact) mass is 398 g/mol. The maximum absolute atomic E-state index is 12.9. The molecule has 6 aromatic rings. The molecule has 0 amide bonds. The summed E-state index contributed by atoms with van der Waals surface area (Å²) in [5, 5.41) is 6.83. The highest BCUT2D eigenvalue weighted by Gasteiger charge is 2.15. The minimum absolute atomic E-state index is 0.352. The first-order valence-electron chi connectivity index (χ1n) is 10.3. The molecule has 6 aromatic carbocycles. The first kappa shape index (κ1) is 17.7. The number of ether oxygens (including phenoxy) is 1. The Morgan fingerprint density at radius 1 is 0.516 bits per heavy atom. The summed E-state index contributed by atoms with van der Waals surface area (Å²) in [6.45, 7) is 0. The molecule has 0 unspecified atom stereocenters. The zero-order valence-electron chi connectivity index (χ0n) is 16.7. The van der Waals surface area contributed by atoms with Gasteiger partial charge in [0.1, 0.15) is 5.75 Å². The van der Waals surface area contributed by atoms with E-state index < -0.39 is 0 Å². The van der Waals surface area contributed by atoms with Crippen molar-refractivity contribution in [1.82, 2.24) is 0 Å². The fourth-order valence-electron chi connectivity index (χ4n) is 4.39. The molecule has 0 fully saturated rings. The molecule has 6 rings (SSSR count). The van der Waals surface area contributed by atoms with Crippen molar-refractivity contribution in [3.8, 4) is 16.9 Å². The van der Waals surface area contributed by atoms with E-state index in [9.17, 15) is 4.79 Å². The Hall–Kier alpha value is -4.17. The SMILES string of the molecule is O=C(Oc1ccc2ccc3cccc4ccc1c2c34)c1ccc(-c2ccccc2)cc1. The second kappa shape index (κ2) is 6.96. The smallest absolute Gasteiger partial charge is 0.343 e. The van der Waals surface area contributed by atoms with Crippen LogP contribution in [0.4, 0.5) is 0 Å². The molecule has 0 spiro atoms. The van der Waals surface area contributed by atoms with Crippen molar-refractivity contribution < 1.29 is 9.53 Å². The third-order valence-electron chi connectivity index (χ3n) is 5.92. The van der Waals surface area contributed by atoms with Gasteiger partial charge in [0, 0.05) is 10.8 Å². The van der Waals surface area contributed by atoms with E-state index in [1.54, 1.807) is 0 Å². The van der Waals surface area contributed by atoms with E-state index >= 15 is 0 Å². The lowest BCUT2D eigenvalue weighted by atomic mass is 9.94. The van der Waals surface area contributed by atoms with Crippen molar-refractivity contribution in [1.29, 1.82) is 0 Å². The Balaban J connectivity index is 1.38. The van der Waals surface area contributed by atoms with E-state index in [0.29, 0.717) is 11.3 Å². The summed E-state index contributed by atoms with van der Waals surface area (Å²) >= 11 is 0. The maximum Gasteiger partial charge on any atom is 0.343 e. The number of hydrogen-bond donors (Lipinski definition) is 0. The molecular weight excluding hydrogens is 380 g/mol. The highest BCUT2D eigenvalue weighted by atomic mass is 16.5. The van der Waals surface area contributed by atoms with Gasteiger partial charge < -0.3 is 4.74 Å². The lowest BCUT2D eigenvalue weighted by Crippen LogP contribution is -2.08. The normalized spacial score (nSPS) is 11.4. The zero-order valence-corrected chi connectivity index (χ0v) is 16.7. The van der Waals surface area contributed by atoms with E-state index in [4.69, 9.17) is 4.74 Å². The minimum atomic E-state index is -0.352. The fraction of sp³-hybridized carbons (Fsp3) is 0.